The number of hydrogen-bond donors (Lipinski definition) is 0. The molecule has 0 unspecified atom stereocenters. The number of benzene rings is 10. The van der Waals surface area contributed by atoms with Crippen molar-refractivity contribution in [1.29, 1.82) is 0 Å². The first-order valence-electron chi connectivity index (χ1n) is 24.0. The summed E-state index contributed by atoms with van der Waals surface area (Å²) in [5, 5.41) is 0.610. The maximum absolute atomic E-state index is 7.21. The number of anilines is 15. The molecule has 0 fully saturated rings. The van der Waals surface area contributed by atoms with Crippen LogP contribution in [0.3, 0.4) is 0 Å². The van der Waals surface area contributed by atoms with E-state index in [9.17, 15) is 0 Å². The Balaban J connectivity index is 1.12. The van der Waals surface area contributed by atoms with E-state index in [0.29, 0.717) is 5.02 Å². The molecule has 10 aromatic carbocycles. The maximum Gasteiger partial charge on any atom is 0.142 e. The highest BCUT2D eigenvalue weighted by Gasteiger charge is 2.25. The predicted molar refractivity (Wildman–Crippen MR) is 303 cm³/mol. The quantitative estimate of drug-likeness (QED) is 0.102. The number of rotatable bonds is 15. The minimum atomic E-state index is 0.610. The normalized spacial score (nSPS) is 10.8. The van der Waals surface area contributed by atoms with Gasteiger partial charge in [-0.3, -0.25) is 9.80 Å². The molecule has 1 heterocycles. The summed E-state index contributed by atoms with van der Waals surface area (Å²) in [7, 11) is 0. The Labute approximate surface area is 426 Å². The van der Waals surface area contributed by atoms with E-state index in [4.69, 9.17) is 16.6 Å². The molecule has 346 valence electrons. The second kappa shape index (κ2) is 21.1. The third-order valence-electron chi connectivity index (χ3n) is 12.3. The average molecular weight is 950 g/mol. The Kier molecular flexibility index (Phi) is 13.2. The number of hydrogen-bond acceptors (Lipinski definition) is 6. The van der Waals surface area contributed by atoms with E-state index < -0.39 is 0 Å². The first-order valence-corrected chi connectivity index (χ1v) is 24.4. The van der Waals surface area contributed by atoms with Gasteiger partial charge in [0.15, 0.2) is 0 Å². The molecule has 0 saturated carbocycles. The molecule has 11 rings (SSSR count). The summed E-state index contributed by atoms with van der Waals surface area (Å²) < 4.78 is 0. The minimum absolute atomic E-state index is 0.610. The van der Waals surface area contributed by atoms with Crippen LogP contribution in [0.4, 0.5) is 85.6 Å². The highest BCUT2D eigenvalue weighted by molar-refractivity contribution is 6.31. The summed E-state index contributed by atoms with van der Waals surface area (Å²) in [5.41, 5.74) is 12.6. The van der Waals surface area contributed by atoms with Crippen LogP contribution in [0.25, 0.3) is 0 Å². The highest BCUT2D eigenvalue weighted by atomic mass is 35.5. The van der Waals surface area contributed by atoms with Crippen LogP contribution in [0.2, 0.25) is 5.02 Å². The van der Waals surface area contributed by atoms with Gasteiger partial charge in [0.25, 0.3) is 0 Å². The lowest BCUT2D eigenvalue weighted by molar-refractivity contribution is 1.12. The van der Waals surface area contributed by atoms with Gasteiger partial charge in [0.05, 0.1) is 5.69 Å². The largest absolute Gasteiger partial charge is 0.310 e. The molecule has 0 aliphatic carbocycles. The van der Waals surface area contributed by atoms with Crippen molar-refractivity contribution in [2.45, 2.75) is 0 Å². The Morgan fingerprint density at radius 2 is 0.403 bits per heavy atom. The zero-order valence-corrected chi connectivity index (χ0v) is 40.1. The van der Waals surface area contributed by atoms with E-state index in [2.05, 4.69) is 279 Å². The van der Waals surface area contributed by atoms with Crippen molar-refractivity contribution >= 4 is 97.2 Å². The van der Waals surface area contributed by atoms with Crippen molar-refractivity contribution in [3.05, 3.63) is 302 Å². The molecule has 0 amide bonds. The lowest BCUT2D eigenvalue weighted by Crippen LogP contribution is -2.18. The number of halogens is 1. The topological polar surface area (TPSA) is 29.1 Å². The first-order chi connectivity index (χ1) is 35.6. The van der Waals surface area contributed by atoms with E-state index in [-0.39, 0.29) is 0 Å². The number of nitrogens with zero attached hydrogens (tertiary/aromatic N) is 6. The monoisotopic (exact) mass is 948 g/mol. The van der Waals surface area contributed by atoms with Crippen LogP contribution in [0.1, 0.15) is 0 Å². The van der Waals surface area contributed by atoms with Crippen molar-refractivity contribution in [2.24, 2.45) is 0 Å². The van der Waals surface area contributed by atoms with Crippen molar-refractivity contribution in [3.8, 4) is 0 Å². The lowest BCUT2D eigenvalue weighted by Gasteiger charge is -2.32. The molecule has 0 atom stereocenters. The summed E-state index contributed by atoms with van der Waals surface area (Å²) in [6.45, 7) is 0. The number of para-hydroxylation sites is 8. The van der Waals surface area contributed by atoms with Crippen molar-refractivity contribution in [3.63, 3.8) is 0 Å². The summed E-state index contributed by atoms with van der Waals surface area (Å²) >= 11 is 7.21. The molecule has 0 bridgehead atoms. The highest BCUT2D eigenvalue weighted by Crippen LogP contribution is 2.47. The lowest BCUT2D eigenvalue weighted by atomic mass is 10.1. The van der Waals surface area contributed by atoms with Crippen LogP contribution in [-0.4, -0.2) is 4.98 Å². The molecular formula is C65H49ClN6. The smallest absolute Gasteiger partial charge is 0.142 e. The van der Waals surface area contributed by atoms with Crippen molar-refractivity contribution in [2.75, 3.05) is 24.5 Å². The molecule has 0 radical (unpaired) electrons. The van der Waals surface area contributed by atoms with Crippen LogP contribution in [-0.2, 0) is 0 Å². The van der Waals surface area contributed by atoms with Crippen LogP contribution in [0.15, 0.2) is 297 Å². The predicted octanol–water partition coefficient (Wildman–Crippen LogP) is 19.1. The summed E-state index contributed by atoms with van der Waals surface area (Å²) in [5.74, 6) is 1.46. The van der Waals surface area contributed by atoms with Gasteiger partial charge in [-0.1, -0.05) is 163 Å². The van der Waals surface area contributed by atoms with E-state index in [1.807, 2.05) is 42.5 Å². The standard InChI is InChI=1S/C65H49ClN6/c66-50-44-61(68(51-26-9-1-10-27-51)52-28-11-2-12-29-52)47-62(45-50)70(55-34-17-5-18-35-55)59-42-25-43-60(46-59)72(58-40-23-8-24-41-58)65-49-63(69(53-30-13-3-14-31-53)54-32-15-4-16-33-54)48-64(67-65)71(56-36-19-6-20-37-56)57-38-21-7-22-39-57/h1-49H. The molecule has 0 saturated heterocycles. The van der Waals surface area contributed by atoms with E-state index in [0.717, 1.165) is 85.6 Å². The van der Waals surface area contributed by atoms with Gasteiger partial charge in [-0.2, -0.15) is 0 Å². The SMILES string of the molecule is Clc1cc(N(c2ccccc2)c2ccccc2)cc(N(c2ccccc2)c2cccc(N(c3ccccc3)c3cc(N(c4ccccc4)c4ccccc4)cc(N(c4ccccc4)c4ccccc4)n3)c2)c1. The maximum atomic E-state index is 7.21. The molecule has 0 spiro atoms. The fourth-order valence-electron chi connectivity index (χ4n) is 9.22. The van der Waals surface area contributed by atoms with Gasteiger partial charge < -0.3 is 14.7 Å². The average Bonchev–Trinajstić information content (AvgIpc) is 3.44. The zero-order chi connectivity index (χ0) is 48.5. The summed E-state index contributed by atoms with van der Waals surface area (Å²) in [6, 6.07) is 103. The molecule has 11 aromatic rings. The summed E-state index contributed by atoms with van der Waals surface area (Å²) in [4.78, 5) is 17.0. The number of pyridine rings is 1. The fourth-order valence-corrected chi connectivity index (χ4v) is 9.44. The van der Waals surface area contributed by atoms with Gasteiger partial charge in [0.2, 0.25) is 0 Å². The van der Waals surface area contributed by atoms with Gasteiger partial charge in [0.1, 0.15) is 11.6 Å². The second-order valence-corrected chi connectivity index (χ2v) is 17.5. The van der Waals surface area contributed by atoms with Crippen LogP contribution >= 0.6 is 11.6 Å². The van der Waals surface area contributed by atoms with Crippen LogP contribution in [0.5, 0.6) is 0 Å². The van der Waals surface area contributed by atoms with Crippen molar-refractivity contribution in [1.82, 2.24) is 4.98 Å². The molecule has 0 aliphatic heterocycles. The zero-order valence-electron chi connectivity index (χ0n) is 39.4. The van der Waals surface area contributed by atoms with Gasteiger partial charge in [0, 0.05) is 85.4 Å². The second-order valence-electron chi connectivity index (χ2n) is 17.1. The first kappa shape index (κ1) is 45.1. The van der Waals surface area contributed by atoms with Gasteiger partial charge in [-0.25, -0.2) is 4.98 Å². The van der Waals surface area contributed by atoms with Gasteiger partial charge in [-0.05, 0) is 133 Å². The molecule has 72 heavy (non-hydrogen) atoms. The van der Waals surface area contributed by atoms with E-state index >= 15 is 0 Å². The van der Waals surface area contributed by atoms with Gasteiger partial charge >= 0.3 is 0 Å². The third kappa shape index (κ3) is 9.76. The molecule has 6 nitrogen and oxygen atoms in total. The Morgan fingerprint density at radius 3 is 0.708 bits per heavy atom. The number of aromatic nitrogens is 1. The van der Waals surface area contributed by atoms with Crippen molar-refractivity contribution < 1.29 is 0 Å². The Bertz CT molecular complexity index is 3260. The Hall–Kier alpha value is -9.36. The molecule has 7 heteroatoms. The minimum Gasteiger partial charge on any atom is -0.310 e. The third-order valence-corrected chi connectivity index (χ3v) is 12.6. The summed E-state index contributed by atoms with van der Waals surface area (Å²) in [6.07, 6.45) is 0. The molecule has 0 N–H and O–H groups in total. The molecule has 0 aliphatic rings. The van der Waals surface area contributed by atoms with E-state index in [1.54, 1.807) is 0 Å². The Morgan fingerprint density at radius 1 is 0.194 bits per heavy atom. The van der Waals surface area contributed by atoms with Crippen LogP contribution < -0.4 is 24.5 Å². The molecular weight excluding hydrogens is 900 g/mol. The van der Waals surface area contributed by atoms with Crippen LogP contribution in [0, 0.1) is 0 Å². The van der Waals surface area contributed by atoms with E-state index in [1.165, 1.54) is 0 Å². The van der Waals surface area contributed by atoms with Gasteiger partial charge in [-0.15, -0.1) is 0 Å². The molecule has 1 aromatic heterocycles. The fraction of sp³-hybridized carbons (Fsp3) is 0.